The topological polar surface area (TPSA) is 157 Å². The van der Waals surface area contributed by atoms with Gasteiger partial charge < -0.3 is 23.5 Å². The van der Waals surface area contributed by atoms with Crippen molar-refractivity contribution in [2.45, 2.75) is 20.3 Å². The molecule has 0 spiro atoms. The fourth-order valence-electron chi connectivity index (χ4n) is 5.91. The summed E-state index contributed by atoms with van der Waals surface area (Å²) >= 11 is 0. The molecule has 12 heteroatoms. The van der Waals surface area contributed by atoms with Gasteiger partial charge in [0.05, 0.1) is 24.7 Å². The first kappa shape index (κ1) is 32.6. The summed E-state index contributed by atoms with van der Waals surface area (Å²) in [7, 11) is 3.09. The summed E-state index contributed by atoms with van der Waals surface area (Å²) in [5.41, 5.74) is 1.93. The normalized spacial score (nSPS) is 15.8. The highest BCUT2D eigenvalue weighted by Gasteiger charge is 2.29. The fourth-order valence-corrected chi connectivity index (χ4v) is 5.91. The number of carbonyl (C=O) groups excluding carboxylic acids is 2. The second-order valence-corrected chi connectivity index (χ2v) is 11.5. The summed E-state index contributed by atoms with van der Waals surface area (Å²) in [6.07, 6.45) is 1.04. The number of hydrogen-bond acceptors (Lipinski definition) is 10. The SMILES string of the molecule is COc1ccc(-c2oc(NC(=O)COC(=O)c3ccc(N4CC(C)CC(C)C4)c([N+](=O)[O-])c3)c(C#N)c2-c2ccc(OC)cc2)cc1. The van der Waals surface area contributed by atoms with Crippen LogP contribution in [-0.4, -0.2) is 50.7 Å². The van der Waals surface area contributed by atoms with Crippen LogP contribution in [0.1, 0.15) is 36.2 Å². The number of nitrogens with zero attached hydrogens (tertiary/aromatic N) is 3. The third-order valence-corrected chi connectivity index (χ3v) is 7.96. The monoisotopic (exact) mass is 638 g/mol. The maximum atomic E-state index is 13.0. The number of piperidine rings is 1. The standard InChI is InChI=1S/C35H34N4O8/c1-21-15-22(2)19-38(18-21)29-14-9-25(16-30(29)39(42)43)35(41)46-20-31(40)37-34-28(17-36)32(23-5-10-26(44-3)11-6-23)33(47-34)24-7-12-27(45-4)13-8-24/h5-14,16,21-22H,15,18-20H2,1-4H3,(H,37,40). The van der Waals surface area contributed by atoms with Gasteiger partial charge in [-0.1, -0.05) is 26.0 Å². The van der Waals surface area contributed by atoms with Crippen LogP contribution in [-0.2, 0) is 9.53 Å². The van der Waals surface area contributed by atoms with Crippen LogP contribution in [0.25, 0.3) is 22.5 Å². The molecule has 0 aliphatic carbocycles. The minimum absolute atomic E-state index is 0.0632. The Balaban J connectivity index is 1.36. The number of ether oxygens (including phenoxy) is 3. The Morgan fingerprint density at radius 2 is 1.57 bits per heavy atom. The lowest BCUT2D eigenvalue weighted by Gasteiger charge is -2.36. The molecular weight excluding hydrogens is 604 g/mol. The van der Waals surface area contributed by atoms with Crippen LogP contribution in [0.5, 0.6) is 11.5 Å². The molecule has 0 saturated carbocycles. The first-order valence-corrected chi connectivity index (χ1v) is 15.0. The number of anilines is 2. The predicted molar refractivity (Wildman–Crippen MR) is 175 cm³/mol. The first-order chi connectivity index (χ1) is 22.6. The number of benzene rings is 3. The quantitative estimate of drug-likeness (QED) is 0.113. The molecule has 0 bridgehead atoms. The van der Waals surface area contributed by atoms with E-state index in [-0.39, 0.29) is 22.7 Å². The van der Waals surface area contributed by atoms with Crippen LogP contribution >= 0.6 is 0 Å². The Kier molecular flexibility index (Phi) is 9.75. The lowest BCUT2D eigenvalue weighted by Crippen LogP contribution is -2.39. The van der Waals surface area contributed by atoms with Crippen molar-refractivity contribution in [3.8, 4) is 40.0 Å². The van der Waals surface area contributed by atoms with Gasteiger partial charge in [-0.05, 0) is 72.4 Å². The number of nitrogens with one attached hydrogen (secondary N) is 1. The molecule has 5 rings (SSSR count). The lowest BCUT2D eigenvalue weighted by atomic mass is 9.91. The Labute approximate surface area is 271 Å². The number of hydrogen-bond donors (Lipinski definition) is 1. The van der Waals surface area contributed by atoms with E-state index in [1.54, 1.807) is 68.8 Å². The van der Waals surface area contributed by atoms with E-state index in [2.05, 4.69) is 25.2 Å². The number of amides is 1. The maximum Gasteiger partial charge on any atom is 0.338 e. The second kappa shape index (κ2) is 14.1. The number of esters is 1. The number of furan rings is 1. The van der Waals surface area contributed by atoms with Crippen molar-refractivity contribution in [1.82, 2.24) is 0 Å². The van der Waals surface area contributed by atoms with Gasteiger partial charge in [-0.25, -0.2) is 4.79 Å². The molecule has 2 heterocycles. The maximum absolute atomic E-state index is 13.0. The minimum Gasteiger partial charge on any atom is -0.497 e. The molecule has 12 nitrogen and oxygen atoms in total. The molecule has 1 amide bonds. The average molecular weight is 639 g/mol. The molecule has 242 valence electrons. The molecule has 1 aromatic heterocycles. The van der Waals surface area contributed by atoms with E-state index in [9.17, 15) is 25.0 Å². The highest BCUT2D eigenvalue weighted by atomic mass is 16.6. The van der Waals surface area contributed by atoms with Crippen LogP contribution in [0.2, 0.25) is 0 Å². The van der Waals surface area contributed by atoms with Gasteiger partial charge in [0.15, 0.2) is 6.61 Å². The van der Waals surface area contributed by atoms with E-state index in [1.807, 2.05) is 4.90 Å². The van der Waals surface area contributed by atoms with Gasteiger partial charge >= 0.3 is 5.97 Å². The first-order valence-electron chi connectivity index (χ1n) is 15.0. The number of carbonyl (C=O) groups is 2. The van der Waals surface area contributed by atoms with Crippen molar-refractivity contribution in [3.05, 3.63) is 88.0 Å². The summed E-state index contributed by atoms with van der Waals surface area (Å²) in [5.74, 6) is 0.502. The summed E-state index contributed by atoms with van der Waals surface area (Å²) < 4.78 is 21.8. The van der Waals surface area contributed by atoms with Crippen molar-refractivity contribution < 1.29 is 33.1 Å². The number of nitriles is 1. The Morgan fingerprint density at radius 1 is 0.979 bits per heavy atom. The van der Waals surface area contributed by atoms with Crippen molar-refractivity contribution in [2.75, 3.05) is 44.1 Å². The minimum atomic E-state index is -0.909. The molecule has 3 aromatic carbocycles. The molecule has 47 heavy (non-hydrogen) atoms. The number of nitro benzene ring substituents is 1. The van der Waals surface area contributed by atoms with Crippen LogP contribution in [0.3, 0.4) is 0 Å². The second-order valence-electron chi connectivity index (χ2n) is 11.5. The highest BCUT2D eigenvalue weighted by Crippen LogP contribution is 2.42. The summed E-state index contributed by atoms with van der Waals surface area (Å²) in [6, 6.07) is 20.3. The summed E-state index contributed by atoms with van der Waals surface area (Å²) in [6.45, 7) is 4.83. The average Bonchev–Trinajstić information content (AvgIpc) is 3.44. The molecule has 1 aliphatic heterocycles. The van der Waals surface area contributed by atoms with Crippen LogP contribution in [0.4, 0.5) is 17.3 Å². The van der Waals surface area contributed by atoms with Gasteiger partial charge in [0.2, 0.25) is 5.88 Å². The van der Waals surface area contributed by atoms with E-state index < -0.39 is 23.4 Å². The van der Waals surface area contributed by atoms with Gasteiger partial charge in [-0.15, -0.1) is 0 Å². The number of rotatable bonds is 10. The molecule has 1 aliphatic rings. The summed E-state index contributed by atoms with van der Waals surface area (Å²) in [5, 5.41) is 24.6. The summed E-state index contributed by atoms with van der Waals surface area (Å²) in [4.78, 5) is 39.2. The van der Waals surface area contributed by atoms with E-state index in [4.69, 9.17) is 18.6 Å². The van der Waals surface area contributed by atoms with Crippen molar-refractivity contribution in [3.63, 3.8) is 0 Å². The Morgan fingerprint density at radius 3 is 2.13 bits per heavy atom. The largest absolute Gasteiger partial charge is 0.497 e. The number of nitro groups is 1. The molecule has 1 saturated heterocycles. The van der Waals surface area contributed by atoms with Gasteiger partial charge in [0.1, 0.15) is 34.6 Å². The third kappa shape index (κ3) is 7.20. The van der Waals surface area contributed by atoms with Crippen LogP contribution in [0.15, 0.2) is 71.1 Å². The highest BCUT2D eigenvalue weighted by molar-refractivity contribution is 5.98. The predicted octanol–water partition coefficient (Wildman–Crippen LogP) is 6.69. The van der Waals surface area contributed by atoms with E-state index in [1.165, 1.54) is 12.1 Å². The van der Waals surface area contributed by atoms with E-state index >= 15 is 0 Å². The Hall–Kier alpha value is -5.83. The van der Waals surface area contributed by atoms with Gasteiger partial charge in [0, 0.05) is 30.3 Å². The van der Waals surface area contributed by atoms with Gasteiger partial charge in [0.25, 0.3) is 11.6 Å². The Bertz CT molecular complexity index is 1820. The zero-order valence-electron chi connectivity index (χ0n) is 26.4. The lowest BCUT2D eigenvalue weighted by molar-refractivity contribution is -0.384. The molecule has 2 atom stereocenters. The van der Waals surface area contributed by atoms with E-state index in [0.717, 1.165) is 6.42 Å². The molecular formula is C35H34N4O8. The molecule has 0 radical (unpaired) electrons. The van der Waals surface area contributed by atoms with Gasteiger partial charge in [-0.2, -0.15) is 5.26 Å². The zero-order valence-corrected chi connectivity index (χ0v) is 26.4. The smallest absolute Gasteiger partial charge is 0.338 e. The molecule has 1 fully saturated rings. The molecule has 2 unspecified atom stereocenters. The van der Waals surface area contributed by atoms with Crippen LogP contribution in [0, 0.1) is 33.3 Å². The van der Waals surface area contributed by atoms with Crippen molar-refractivity contribution >= 4 is 29.1 Å². The third-order valence-electron chi connectivity index (χ3n) is 7.96. The van der Waals surface area contributed by atoms with Crippen molar-refractivity contribution in [2.24, 2.45) is 11.8 Å². The van der Waals surface area contributed by atoms with E-state index in [0.29, 0.717) is 64.6 Å². The number of methoxy groups -OCH3 is 2. The van der Waals surface area contributed by atoms with Crippen LogP contribution < -0.4 is 19.7 Å². The van der Waals surface area contributed by atoms with Crippen molar-refractivity contribution in [1.29, 1.82) is 5.26 Å². The molecule has 4 aromatic rings. The van der Waals surface area contributed by atoms with Gasteiger partial charge in [-0.3, -0.25) is 20.2 Å². The zero-order chi connectivity index (χ0) is 33.7. The molecule has 1 N–H and O–H groups in total. The fraction of sp³-hybridized carbons (Fsp3) is 0.286.